The van der Waals surface area contributed by atoms with E-state index in [9.17, 15) is 121 Å². The zero-order valence-corrected chi connectivity index (χ0v) is 41.8. The van der Waals surface area contributed by atoms with E-state index < -0.39 is 255 Å². The third-order valence-electron chi connectivity index (χ3n) is 14.0. The molecule has 460 valence electrons. The Morgan fingerprint density at radius 3 is 1.67 bits per heavy atom. The van der Waals surface area contributed by atoms with E-state index in [0.29, 0.717) is 0 Å². The smallest absolute Gasteiger partial charge is 0.470 e. The molecule has 25 N–H and O–H groups in total. The van der Waals surface area contributed by atoms with Gasteiger partial charge in [-0.2, -0.15) is 0 Å². The van der Waals surface area contributed by atoms with Gasteiger partial charge in [0.1, 0.15) is 122 Å². The predicted molar refractivity (Wildman–Crippen MR) is 236 cm³/mol. The molecule has 0 bridgehead atoms. The summed E-state index contributed by atoms with van der Waals surface area (Å²) in [5, 5.41) is 201. The van der Waals surface area contributed by atoms with Gasteiger partial charge in [0.25, 0.3) is 11.6 Å². The average Bonchev–Trinajstić information content (AvgIpc) is 3.42. The number of aliphatic carboxylic acids is 2. The molecule has 6 fully saturated rings. The molecule has 30 atom stereocenters. The van der Waals surface area contributed by atoms with Crippen molar-refractivity contribution < 1.29 is 178 Å². The molecular weight excluding hydrogens is 1120 g/mol. The number of carboxylic acid groups (broad SMARTS) is 2. The quantitative estimate of drug-likeness (QED) is 0.0448. The van der Waals surface area contributed by atoms with E-state index in [4.69, 9.17) is 68.1 Å². The molecule has 6 aliphatic rings. The Morgan fingerprint density at radius 1 is 0.570 bits per heavy atom. The number of carboxylic acids is 2. The van der Waals surface area contributed by atoms with Gasteiger partial charge in [0.15, 0.2) is 25.2 Å². The van der Waals surface area contributed by atoms with Crippen molar-refractivity contribution >= 4 is 19.8 Å². The Hall–Kier alpha value is -2.15. The lowest BCUT2D eigenvalue weighted by atomic mass is 9.89. The van der Waals surface area contributed by atoms with Crippen LogP contribution in [-0.2, 0) is 70.8 Å². The van der Waals surface area contributed by atoms with Crippen LogP contribution in [0.4, 0.5) is 0 Å². The molecule has 79 heavy (non-hydrogen) atoms. The first-order valence-electron chi connectivity index (χ1n) is 24.1. The van der Waals surface area contributed by atoms with E-state index in [1.807, 2.05) is 0 Å². The van der Waals surface area contributed by atoms with Gasteiger partial charge in [-0.15, -0.1) is 0 Å². The van der Waals surface area contributed by atoms with Gasteiger partial charge < -0.3 is 170 Å². The lowest BCUT2D eigenvalue weighted by molar-refractivity contribution is -0.399. The molecule has 0 spiro atoms. The molecule has 6 heterocycles. The number of ether oxygens (including phenoxy) is 11. The van der Waals surface area contributed by atoms with Crippen LogP contribution in [-0.4, -0.2) is 341 Å². The van der Waals surface area contributed by atoms with E-state index in [1.165, 1.54) is 0 Å². The van der Waals surface area contributed by atoms with Gasteiger partial charge in [0.2, 0.25) is 0 Å². The number of carbonyl (C=O) groups is 2. The maximum Gasteiger partial charge on any atom is 0.470 e. The molecule has 6 saturated heterocycles. The van der Waals surface area contributed by atoms with Crippen LogP contribution in [0.3, 0.4) is 0 Å². The molecule has 0 saturated carbocycles. The Balaban J connectivity index is 1.36. The lowest BCUT2D eigenvalue weighted by Gasteiger charge is -2.52. The second kappa shape index (κ2) is 26.8. The van der Waals surface area contributed by atoms with Crippen molar-refractivity contribution in [1.82, 2.24) is 0 Å². The van der Waals surface area contributed by atoms with Crippen molar-refractivity contribution in [1.29, 1.82) is 0 Å². The Bertz CT molecular complexity index is 2030. The number of nitrogens with two attached hydrogens (primary N) is 2. The number of aliphatic hydroxyl groups is 17. The van der Waals surface area contributed by atoms with Crippen molar-refractivity contribution in [3.05, 3.63) is 0 Å². The van der Waals surface area contributed by atoms with E-state index in [0.717, 1.165) is 0 Å². The summed E-state index contributed by atoms with van der Waals surface area (Å²) in [6.45, 7) is -6.83. The molecule has 0 amide bonds. The van der Waals surface area contributed by atoms with Crippen LogP contribution in [0.1, 0.15) is 12.8 Å². The highest BCUT2D eigenvalue weighted by Crippen LogP contribution is 2.45. The molecule has 0 aromatic rings. The molecular formula is C40H69N2O36P. The molecule has 38 nitrogen and oxygen atoms in total. The molecule has 0 aliphatic carbocycles. The van der Waals surface area contributed by atoms with Gasteiger partial charge >= 0.3 is 19.8 Å². The van der Waals surface area contributed by atoms with Crippen LogP contribution < -0.4 is 11.5 Å². The monoisotopic (exact) mass is 1180 g/mol. The number of phosphoric ester groups is 1. The number of hydrogen-bond acceptors (Lipinski definition) is 34. The van der Waals surface area contributed by atoms with Gasteiger partial charge in [-0.3, -0.25) is 4.52 Å². The highest BCUT2D eigenvalue weighted by molar-refractivity contribution is 7.46. The van der Waals surface area contributed by atoms with Gasteiger partial charge in [-0.1, -0.05) is 0 Å². The summed E-state index contributed by atoms with van der Waals surface area (Å²) in [6, 6.07) is -3.35. The number of aliphatic hydroxyl groups excluding tert-OH is 17. The van der Waals surface area contributed by atoms with E-state index >= 15 is 0 Å². The topological polar surface area (TPSA) is 639 Å². The van der Waals surface area contributed by atoms with Gasteiger partial charge in [0, 0.05) is 12.8 Å². The number of hydrogen-bond donors (Lipinski definition) is 23. The predicted octanol–water partition coefficient (Wildman–Crippen LogP) is -14.4. The molecule has 0 unspecified atom stereocenters. The van der Waals surface area contributed by atoms with E-state index in [-0.39, 0.29) is 0 Å². The van der Waals surface area contributed by atoms with Crippen molar-refractivity contribution in [2.75, 3.05) is 39.6 Å². The standard InChI is InChI=1S/C40H69N2O36P/c41-17-23(53)22(52)15(70-33(17)59)7-68-34-18(42)24(54)31(78-79(64,65)66)16(73-34)8-69-39(37(60)61)2-12(32(30(77-39)10(47)3-43)74-36-28(58)26(56)21(51)14(5-45)72-36)75-40(38(62)63)1-9(46)19(49)29(76-40)11(48)6-67-35-27(57)25(55)20(50)13(4-44)71-35/h9-36,43-59H,1-8,41-42H2,(H,60,61)(H,62,63)(H2,64,65,66)/t9-,10-,11-,12-,13-,14-,15-,16-,17-,18-,19-,20+,21-,22-,23-,24-,25+,26+,27-,28+,29-,30-,31-,32-,33+,34-,35-,36-,39-,40-/m1/s1. The van der Waals surface area contributed by atoms with Crippen LogP contribution in [0.2, 0.25) is 0 Å². The number of rotatable bonds is 22. The summed E-state index contributed by atoms with van der Waals surface area (Å²) in [6.07, 6.45) is -57.8. The highest BCUT2D eigenvalue weighted by atomic mass is 31.2. The van der Waals surface area contributed by atoms with Crippen molar-refractivity contribution in [2.45, 2.75) is 196 Å². The van der Waals surface area contributed by atoms with Crippen LogP contribution >= 0.6 is 7.82 Å². The fraction of sp³-hybridized carbons (Fsp3) is 0.950. The third kappa shape index (κ3) is 14.3. The Labute approximate surface area is 444 Å². The van der Waals surface area contributed by atoms with Crippen LogP contribution in [0.5, 0.6) is 0 Å². The number of phosphoric acid groups is 1. The summed E-state index contributed by atoms with van der Waals surface area (Å²) < 4.78 is 78.3. The van der Waals surface area contributed by atoms with E-state index in [2.05, 4.69) is 0 Å². The van der Waals surface area contributed by atoms with Gasteiger partial charge in [-0.25, -0.2) is 14.2 Å². The molecule has 6 rings (SSSR count). The zero-order valence-electron chi connectivity index (χ0n) is 40.9. The molecule has 6 aliphatic heterocycles. The fourth-order valence-corrected chi connectivity index (χ4v) is 10.1. The molecule has 39 heteroatoms. The molecule has 0 radical (unpaired) electrons. The zero-order chi connectivity index (χ0) is 59.0. The highest BCUT2D eigenvalue weighted by Gasteiger charge is 2.63. The Morgan fingerprint density at radius 2 is 1.11 bits per heavy atom. The van der Waals surface area contributed by atoms with Crippen molar-refractivity contribution in [3.63, 3.8) is 0 Å². The summed E-state index contributed by atoms with van der Waals surface area (Å²) in [7, 11) is -5.70. The summed E-state index contributed by atoms with van der Waals surface area (Å²) >= 11 is 0. The summed E-state index contributed by atoms with van der Waals surface area (Å²) in [5.41, 5.74) is 11.7. The van der Waals surface area contributed by atoms with E-state index in [1.54, 1.807) is 0 Å². The second-order valence-corrected chi connectivity index (χ2v) is 20.7. The maximum atomic E-state index is 13.6. The first-order valence-corrected chi connectivity index (χ1v) is 25.6. The minimum Gasteiger partial charge on any atom is -0.477 e. The fourth-order valence-electron chi connectivity index (χ4n) is 9.52. The lowest BCUT2D eigenvalue weighted by Crippen LogP contribution is -2.70. The van der Waals surface area contributed by atoms with Crippen molar-refractivity contribution in [2.24, 2.45) is 11.5 Å². The largest absolute Gasteiger partial charge is 0.477 e. The first-order chi connectivity index (χ1) is 36.9. The van der Waals surface area contributed by atoms with Gasteiger partial charge in [-0.05, 0) is 0 Å². The minimum atomic E-state index is -5.70. The summed E-state index contributed by atoms with van der Waals surface area (Å²) in [5.74, 6) is -11.5. The minimum absolute atomic E-state index is 0.843. The van der Waals surface area contributed by atoms with Crippen molar-refractivity contribution in [3.8, 4) is 0 Å². The maximum absolute atomic E-state index is 13.6. The molecule has 0 aromatic carbocycles. The average molecular weight is 1180 g/mol. The van der Waals surface area contributed by atoms with Crippen LogP contribution in [0.25, 0.3) is 0 Å². The van der Waals surface area contributed by atoms with Gasteiger partial charge in [0.05, 0.1) is 63.9 Å². The van der Waals surface area contributed by atoms with Crippen LogP contribution in [0, 0.1) is 0 Å². The Kier molecular flexibility index (Phi) is 22.4. The third-order valence-corrected chi connectivity index (χ3v) is 14.6. The SMILES string of the molecule is N[C@@H]1[C@@H](O)[C@H](O)[C@@H](CO[C@@H]2O[C@H](CO[C@]3(C(=O)O)C[C@@H](O[C@]4(C(=O)O)C[C@@H](O)[C@@H](O)[C@@H]([C@H](O)CO[C@@H]5O[C@H](CO)[C@H](O)[C@H](O)[C@H]5O)O4)[C@@H](O[C@H]4O[C@H](CO)[C@@H](O)[C@H](O)[C@@H]4O)[C@@H]([C@H](O)CO)O3)[C@@H](OP(=O)(O)O)[C@H](O)[C@H]2N)O[C@@H]1O. The van der Waals surface area contributed by atoms with Crippen LogP contribution in [0.15, 0.2) is 0 Å². The normalized spacial score (nSPS) is 48.0. The second-order valence-electron chi connectivity index (χ2n) is 19.5. The summed E-state index contributed by atoms with van der Waals surface area (Å²) in [4.78, 5) is 46.7. The first kappa shape index (κ1) is 66.0. The molecule has 0 aromatic heterocycles.